The van der Waals surface area contributed by atoms with E-state index in [0.29, 0.717) is 0 Å². The highest BCUT2D eigenvalue weighted by atomic mass is 35.5. The molecule has 0 saturated carbocycles. The van der Waals surface area contributed by atoms with Gasteiger partial charge in [0.2, 0.25) is 0 Å². The molecule has 0 aliphatic carbocycles. The molecule has 14 heavy (non-hydrogen) atoms. The van der Waals surface area contributed by atoms with Crippen molar-refractivity contribution >= 4 is 17.3 Å². The van der Waals surface area contributed by atoms with Crippen LogP contribution in [0.4, 0.5) is 23.2 Å². The summed E-state index contributed by atoms with van der Waals surface area (Å²) in [7, 11) is 0. The van der Waals surface area contributed by atoms with Crippen molar-refractivity contribution in [1.29, 1.82) is 0 Å². The Morgan fingerprint density at radius 2 is 1.93 bits per heavy atom. The Balaban J connectivity index is 2.65. The first-order chi connectivity index (χ1) is 6.38. The van der Waals surface area contributed by atoms with Crippen molar-refractivity contribution in [3.05, 3.63) is 29.0 Å². The average molecular weight is 228 g/mol. The molecule has 0 saturated heterocycles. The lowest BCUT2D eigenvalue weighted by atomic mass is 10.3. The number of anilines is 1. The summed E-state index contributed by atoms with van der Waals surface area (Å²) in [6, 6.07) is 3.29. The molecule has 1 aromatic rings. The zero-order valence-corrected chi connectivity index (χ0v) is 7.58. The van der Waals surface area contributed by atoms with Gasteiger partial charge in [0.15, 0.2) is 0 Å². The maximum absolute atomic E-state index is 12.6. The molecule has 0 fully saturated rings. The Morgan fingerprint density at radius 1 is 1.29 bits per heavy atom. The summed E-state index contributed by atoms with van der Waals surface area (Å²) in [4.78, 5) is 0. The molecule has 1 N–H and O–H groups in total. The Morgan fingerprint density at radius 3 is 2.43 bits per heavy atom. The number of hydrogen-bond acceptors (Lipinski definition) is 1. The van der Waals surface area contributed by atoms with E-state index in [1.54, 1.807) is 0 Å². The first kappa shape index (κ1) is 11.1. The minimum Gasteiger partial charge on any atom is -0.376 e. The Kier molecular flexibility index (Phi) is 3.21. The van der Waals surface area contributed by atoms with Gasteiger partial charge in [-0.25, -0.2) is 4.39 Å². The molecule has 0 amide bonds. The molecule has 1 rings (SSSR count). The van der Waals surface area contributed by atoms with Crippen LogP contribution in [0.1, 0.15) is 0 Å². The van der Waals surface area contributed by atoms with Gasteiger partial charge in [0.05, 0.1) is 5.02 Å². The van der Waals surface area contributed by atoms with E-state index in [2.05, 4.69) is 5.32 Å². The van der Waals surface area contributed by atoms with E-state index in [1.165, 1.54) is 6.07 Å². The molecule has 0 aliphatic rings. The molecular weight excluding hydrogens is 222 g/mol. The fourth-order valence-electron chi connectivity index (χ4n) is 0.808. The summed E-state index contributed by atoms with van der Waals surface area (Å²) in [5.41, 5.74) is 0.133. The Hall–Kier alpha value is -0.970. The molecule has 0 bridgehead atoms. The zero-order valence-electron chi connectivity index (χ0n) is 6.83. The van der Waals surface area contributed by atoms with Gasteiger partial charge in [0.1, 0.15) is 12.4 Å². The molecule has 0 unspecified atom stereocenters. The average Bonchev–Trinajstić information content (AvgIpc) is 2.06. The number of nitrogens with one attached hydrogen (secondary N) is 1. The predicted molar refractivity (Wildman–Crippen MR) is 46.0 cm³/mol. The Bertz CT molecular complexity index is 324. The molecule has 0 heterocycles. The van der Waals surface area contributed by atoms with E-state index < -0.39 is 18.5 Å². The molecule has 1 aromatic carbocycles. The molecule has 0 radical (unpaired) electrons. The van der Waals surface area contributed by atoms with Crippen LogP contribution >= 0.6 is 11.6 Å². The molecule has 0 spiro atoms. The second-order valence-electron chi connectivity index (χ2n) is 2.60. The van der Waals surface area contributed by atoms with E-state index in [9.17, 15) is 17.6 Å². The highest BCUT2D eigenvalue weighted by Crippen LogP contribution is 2.21. The smallest absolute Gasteiger partial charge is 0.376 e. The molecule has 0 aliphatic heterocycles. The van der Waals surface area contributed by atoms with Crippen molar-refractivity contribution in [3.8, 4) is 0 Å². The van der Waals surface area contributed by atoms with Crippen molar-refractivity contribution in [2.75, 3.05) is 11.9 Å². The lowest BCUT2D eigenvalue weighted by molar-refractivity contribution is -0.115. The van der Waals surface area contributed by atoms with Crippen LogP contribution in [-0.4, -0.2) is 12.7 Å². The predicted octanol–water partition coefficient (Wildman–Crippen LogP) is 3.45. The SMILES string of the molecule is Fc1ccc(NCC(F)(F)F)cc1Cl. The van der Waals surface area contributed by atoms with Gasteiger partial charge in [-0.1, -0.05) is 11.6 Å². The number of benzene rings is 1. The van der Waals surface area contributed by atoms with Crippen LogP contribution < -0.4 is 5.32 Å². The standard InChI is InChI=1S/C8H6ClF4N/c9-6-3-5(1-2-7(6)10)14-4-8(11,12)13/h1-3,14H,4H2. The van der Waals surface area contributed by atoms with Crippen molar-refractivity contribution in [1.82, 2.24) is 0 Å². The highest BCUT2D eigenvalue weighted by Gasteiger charge is 2.26. The number of alkyl halides is 3. The molecule has 0 atom stereocenters. The van der Waals surface area contributed by atoms with E-state index >= 15 is 0 Å². The normalized spacial score (nSPS) is 11.5. The van der Waals surface area contributed by atoms with Crippen molar-refractivity contribution in [2.45, 2.75) is 6.18 Å². The highest BCUT2D eigenvalue weighted by molar-refractivity contribution is 6.31. The quantitative estimate of drug-likeness (QED) is 0.763. The van der Waals surface area contributed by atoms with Gasteiger partial charge >= 0.3 is 6.18 Å². The molecule has 1 nitrogen and oxygen atoms in total. The maximum atomic E-state index is 12.6. The third kappa shape index (κ3) is 3.41. The maximum Gasteiger partial charge on any atom is 0.405 e. The van der Waals surface area contributed by atoms with E-state index in [1.807, 2.05) is 0 Å². The third-order valence-electron chi connectivity index (χ3n) is 1.41. The minimum absolute atomic E-state index is 0.133. The monoisotopic (exact) mass is 227 g/mol. The molecule has 78 valence electrons. The lowest BCUT2D eigenvalue weighted by Crippen LogP contribution is -2.21. The van der Waals surface area contributed by atoms with Gasteiger partial charge in [0, 0.05) is 5.69 Å². The Labute approximate surface area is 82.7 Å². The first-order valence-electron chi connectivity index (χ1n) is 3.64. The summed E-state index contributed by atoms with van der Waals surface area (Å²) in [5.74, 6) is -0.663. The van der Waals surface area contributed by atoms with Crippen LogP contribution in [0, 0.1) is 5.82 Å². The van der Waals surface area contributed by atoms with E-state index in [0.717, 1.165) is 12.1 Å². The zero-order chi connectivity index (χ0) is 10.8. The van der Waals surface area contributed by atoms with E-state index in [-0.39, 0.29) is 10.7 Å². The first-order valence-corrected chi connectivity index (χ1v) is 4.02. The van der Waals surface area contributed by atoms with Crippen LogP contribution in [0.3, 0.4) is 0 Å². The van der Waals surface area contributed by atoms with Gasteiger partial charge in [-0.15, -0.1) is 0 Å². The number of halogens is 5. The van der Waals surface area contributed by atoms with Crippen LogP contribution in [0.2, 0.25) is 5.02 Å². The lowest BCUT2D eigenvalue weighted by Gasteiger charge is -2.09. The summed E-state index contributed by atoms with van der Waals surface area (Å²) < 4.78 is 47.8. The van der Waals surface area contributed by atoms with Crippen LogP contribution in [0.25, 0.3) is 0 Å². The summed E-state index contributed by atoms with van der Waals surface area (Å²) in [5, 5.41) is 1.87. The molecular formula is C8H6ClF4N. The minimum atomic E-state index is -4.30. The van der Waals surface area contributed by atoms with Gasteiger partial charge < -0.3 is 5.32 Å². The fraction of sp³-hybridized carbons (Fsp3) is 0.250. The van der Waals surface area contributed by atoms with Gasteiger partial charge in [0.25, 0.3) is 0 Å². The van der Waals surface area contributed by atoms with Crippen LogP contribution in [0.15, 0.2) is 18.2 Å². The summed E-state index contributed by atoms with van der Waals surface area (Å²) in [6.45, 7) is -1.17. The number of hydrogen-bond donors (Lipinski definition) is 1. The third-order valence-corrected chi connectivity index (χ3v) is 1.70. The topological polar surface area (TPSA) is 12.0 Å². The van der Waals surface area contributed by atoms with Crippen LogP contribution in [0.5, 0.6) is 0 Å². The molecule has 0 aromatic heterocycles. The van der Waals surface area contributed by atoms with Gasteiger partial charge in [-0.05, 0) is 18.2 Å². The van der Waals surface area contributed by atoms with Crippen molar-refractivity contribution < 1.29 is 17.6 Å². The number of rotatable bonds is 2. The molecule has 6 heteroatoms. The van der Waals surface area contributed by atoms with Crippen LogP contribution in [-0.2, 0) is 0 Å². The second kappa shape index (κ2) is 4.04. The fourth-order valence-corrected chi connectivity index (χ4v) is 0.989. The second-order valence-corrected chi connectivity index (χ2v) is 3.00. The van der Waals surface area contributed by atoms with Gasteiger partial charge in [-0.2, -0.15) is 13.2 Å². The summed E-state index contributed by atoms with van der Waals surface area (Å²) >= 11 is 5.37. The largest absolute Gasteiger partial charge is 0.405 e. The van der Waals surface area contributed by atoms with Crippen molar-refractivity contribution in [3.63, 3.8) is 0 Å². The van der Waals surface area contributed by atoms with Gasteiger partial charge in [-0.3, -0.25) is 0 Å². The summed E-state index contributed by atoms with van der Waals surface area (Å²) in [6.07, 6.45) is -4.30. The van der Waals surface area contributed by atoms with Crippen molar-refractivity contribution in [2.24, 2.45) is 0 Å². The van der Waals surface area contributed by atoms with E-state index in [4.69, 9.17) is 11.6 Å².